The number of nitrogens with one attached hydrogen (secondary N) is 1. The van der Waals surface area contributed by atoms with E-state index in [-0.39, 0.29) is 17.4 Å². The maximum atomic E-state index is 11.6. The lowest BCUT2D eigenvalue weighted by Crippen LogP contribution is -2.37. The van der Waals surface area contributed by atoms with E-state index in [0.717, 1.165) is 0 Å². The fourth-order valence-electron chi connectivity index (χ4n) is 1.21. The van der Waals surface area contributed by atoms with E-state index in [1.807, 2.05) is 6.92 Å². The van der Waals surface area contributed by atoms with Crippen LogP contribution in [0.15, 0.2) is 0 Å². The summed E-state index contributed by atoms with van der Waals surface area (Å²) in [5, 5.41) is 2.92. The minimum Gasteiger partial charge on any atom is -0.383 e. The van der Waals surface area contributed by atoms with Gasteiger partial charge < -0.3 is 10.1 Å². The van der Waals surface area contributed by atoms with Crippen LogP contribution in [0.2, 0.25) is 0 Å². The molecule has 0 aliphatic heterocycles. The second-order valence-corrected chi connectivity index (χ2v) is 5.40. The molecular formula is C12H25NO2. The van der Waals surface area contributed by atoms with E-state index in [4.69, 9.17) is 4.74 Å². The molecule has 0 fully saturated rings. The van der Waals surface area contributed by atoms with E-state index < -0.39 is 0 Å². The summed E-state index contributed by atoms with van der Waals surface area (Å²) in [5.74, 6) is 0.495. The van der Waals surface area contributed by atoms with Gasteiger partial charge in [-0.05, 0) is 18.3 Å². The molecule has 3 nitrogen and oxygen atoms in total. The molecule has 1 N–H and O–H groups in total. The lowest BCUT2D eigenvalue weighted by atomic mass is 9.80. The Kier molecular flexibility index (Phi) is 5.88. The van der Waals surface area contributed by atoms with E-state index in [2.05, 4.69) is 33.0 Å². The third kappa shape index (κ3) is 6.50. The number of ether oxygens (including phenoxy) is 1. The zero-order chi connectivity index (χ0) is 12.1. The molecule has 2 unspecified atom stereocenters. The maximum absolute atomic E-state index is 11.6. The first kappa shape index (κ1) is 14.4. The van der Waals surface area contributed by atoms with Crippen LogP contribution in [0.5, 0.6) is 0 Å². The molecule has 0 aromatic carbocycles. The predicted octanol–water partition coefficient (Wildman–Crippen LogP) is 2.21. The lowest BCUT2D eigenvalue weighted by molar-refractivity contribution is -0.123. The summed E-state index contributed by atoms with van der Waals surface area (Å²) in [4.78, 5) is 11.6. The molecule has 0 aromatic heterocycles. The molecule has 0 aromatic rings. The largest absolute Gasteiger partial charge is 0.383 e. The molecule has 3 heteroatoms. The Labute approximate surface area is 93.6 Å². The molecule has 0 bridgehead atoms. The number of amides is 1. The third-order valence-electron chi connectivity index (χ3n) is 2.79. The Morgan fingerprint density at radius 2 is 1.87 bits per heavy atom. The fraction of sp³-hybridized carbons (Fsp3) is 0.917. The van der Waals surface area contributed by atoms with Crippen LogP contribution in [0.4, 0.5) is 0 Å². The summed E-state index contributed by atoms with van der Waals surface area (Å²) in [6.07, 6.45) is 0.581. The van der Waals surface area contributed by atoms with Gasteiger partial charge in [0.15, 0.2) is 0 Å². The smallest absolute Gasteiger partial charge is 0.220 e. The second kappa shape index (κ2) is 6.11. The molecule has 0 aliphatic carbocycles. The summed E-state index contributed by atoms with van der Waals surface area (Å²) in [5.41, 5.74) is 0.182. The minimum atomic E-state index is 0.0923. The number of carbonyl (C=O) groups excluding carboxylic acids is 1. The van der Waals surface area contributed by atoms with Crippen molar-refractivity contribution < 1.29 is 9.53 Å². The van der Waals surface area contributed by atoms with E-state index >= 15 is 0 Å². The van der Waals surface area contributed by atoms with Gasteiger partial charge >= 0.3 is 0 Å². The topological polar surface area (TPSA) is 38.3 Å². The van der Waals surface area contributed by atoms with Gasteiger partial charge in [-0.25, -0.2) is 0 Å². The highest BCUT2D eigenvalue weighted by Crippen LogP contribution is 2.27. The van der Waals surface area contributed by atoms with E-state index in [1.54, 1.807) is 7.11 Å². The van der Waals surface area contributed by atoms with Crippen LogP contribution in [0.1, 0.15) is 41.0 Å². The Bertz CT molecular complexity index is 196. The lowest BCUT2D eigenvalue weighted by Gasteiger charge is -2.27. The number of methoxy groups -OCH3 is 1. The van der Waals surface area contributed by atoms with E-state index in [9.17, 15) is 4.79 Å². The quantitative estimate of drug-likeness (QED) is 0.763. The first-order valence-corrected chi connectivity index (χ1v) is 5.55. The van der Waals surface area contributed by atoms with Crippen molar-refractivity contribution >= 4 is 5.91 Å². The first-order valence-electron chi connectivity index (χ1n) is 5.55. The molecule has 0 saturated carbocycles. The average Bonchev–Trinajstić information content (AvgIpc) is 2.01. The van der Waals surface area contributed by atoms with Crippen molar-refractivity contribution in [3.05, 3.63) is 0 Å². The zero-order valence-corrected chi connectivity index (χ0v) is 10.9. The van der Waals surface area contributed by atoms with Crippen molar-refractivity contribution in [3.63, 3.8) is 0 Å². The number of carbonyl (C=O) groups is 1. The van der Waals surface area contributed by atoms with Gasteiger partial charge in [0, 0.05) is 19.6 Å². The van der Waals surface area contributed by atoms with Gasteiger partial charge in [-0.15, -0.1) is 0 Å². The Morgan fingerprint density at radius 3 is 2.27 bits per heavy atom. The van der Waals surface area contributed by atoms with Crippen LogP contribution < -0.4 is 5.32 Å². The zero-order valence-electron chi connectivity index (χ0n) is 10.9. The van der Waals surface area contributed by atoms with E-state index in [1.165, 1.54) is 0 Å². The molecule has 0 radical (unpaired) electrons. The Balaban J connectivity index is 3.94. The molecule has 0 aliphatic rings. The van der Waals surface area contributed by atoms with Crippen LogP contribution in [-0.4, -0.2) is 25.7 Å². The SMILES string of the molecule is COCC(C)NC(=O)CC(C)C(C)(C)C. The molecule has 0 saturated heterocycles. The summed E-state index contributed by atoms with van der Waals surface area (Å²) in [6, 6.07) is 0.0923. The third-order valence-corrected chi connectivity index (χ3v) is 2.79. The Morgan fingerprint density at radius 1 is 1.33 bits per heavy atom. The number of rotatable bonds is 5. The van der Waals surface area contributed by atoms with Crippen LogP contribution in [0.25, 0.3) is 0 Å². The highest BCUT2D eigenvalue weighted by Gasteiger charge is 2.22. The number of hydrogen-bond acceptors (Lipinski definition) is 2. The Hall–Kier alpha value is -0.570. The predicted molar refractivity (Wildman–Crippen MR) is 62.7 cm³/mol. The van der Waals surface area contributed by atoms with Gasteiger partial charge in [0.1, 0.15) is 0 Å². The molecule has 0 spiro atoms. The van der Waals surface area contributed by atoms with Crippen LogP contribution in [0, 0.1) is 11.3 Å². The number of hydrogen-bond donors (Lipinski definition) is 1. The molecule has 90 valence electrons. The maximum Gasteiger partial charge on any atom is 0.220 e. The van der Waals surface area contributed by atoms with Crippen molar-refractivity contribution in [2.24, 2.45) is 11.3 Å². The average molecular weight is 215 g/mol. The highest BCUT2D eigenvalue weighted by molar-refractivity contribution is 5.76. The summed E-state index contributed by atoms with van der Waals surface area (Å²) >= 11 is 0. The van der Waals surface area contributed by atoms with Crippen molar-refractivity contribution in [1.29, 1.82) is 0 Å². The summed E-state index contributed by atoms with van der Waals surface area (Å²) < 4.78 is 4.96. The van der Waals surface area contributed by atoms with Crippen molar-refractivity contribution in [1.82, 2.24) is 5.32 Å². The van der Waals surface area contributed by atoms with Gasteiger partial charge in [0.25, 0.3) is 0 Å². The molecule has 0 heterocycles. The van der Waals surface area contributed by atoms with Gasteiger partial charge in [-0.3, -0.25) is 4.79 Å². The highest BCUT2D eigenvalue weighted by atomic mass is 16.5. The van der Waals surface area contributed by atoms with Crippen molar-refractivity contribution in [2.45, 2.75) is 47.1 Å². The van der Waals surface area contributed by atoms with Gasteiger partial charge in [-0.1, -0.05) is 27.7 Å². The molecule has 1 amide bonds. The van der Waals surface area contributed by atoms with Crippen LogP contribution in [-0.2, 0) is 9.53 Å². The molecule has 0 rings (SSSR count). The van der Waals surface area contributed by atoms with Gasteiger partial charge in [0.05, 0.1) is 6.61 Å². The first-order chi connectivity index (χ1) is 6.77. The van der Waals surface area contributed by atoms with Crippen molar-refractivity contribution in [2.75, 3.05) is 13.7 Å². The van der Waals surface area contributed by atoms with Crippen molar-refractivity contribution in [3.8, 4) is 0 Å². The molecular weight excluding hydrogens is 190 g/mol. The van der Waals surface area contributed by atoms with E-state index in [0.29, 0.717) is 18.9 Å². The van der Waals surface area contributed by atoms with Crippen LogP contribution in [0.3, 0.4) is 0 Å². The monoisotopic (exact) mass is 215 g/mol. The second-order valence-electron chi connectivity index (χ2n) is 5.40. The minimum absolute atomic E-state index is 0.0923. The van der Waals surface area contributed by atoms with Gasteiger partial charge in [0.2, 0.25) is 5.91 Å². The molecule has 15 heavy (non-hydrogen) atoms. The summed E-state index contributed by atoms with van der Waals surface area (Å²) in [6.45, 7) is 11.1. The fourth-order valence-corrected chi connectivity index (χ4v) is 1.21. The van der Waals surface area contributed by atoms with Crippen LogP contribution >= 0.6 is 0 Å². The van der Waals surface area contributed by atoms with Gasteiger partial charge in [-0.2, -0.15) is 0 Å². The molecule has 2 atom stereocenters. The standard InChI is InChI=1S/C12H25NO2/c1-9(12(3,4)5)7-11(14)13-10(2)8-15-6/h9-10H,7-8H2,1-6H3,(H,13,14). The normalized spacial score (nSPS) is 15.9. The summed E-state index contributed by atoms with van der Waals surface area (Å²) in [7, 11) is 1.64.